The third-order valence-electron chi connectivity index (χ3n) is 3.16. The van der Waals surface area contributed by atoms with Crippen LogP contribution in [0.1, 0.15) is 24.2 Å². The molecule has 8 heteroatoms. The Hall–Kier alpha value is -2.61. The number of nitro benzene ring substituents is 1. The molecule has 2 rings (SSSR count). The van der Waals surface area contributed by atoms with Crippen LogP contribution >= 0.6 is 15.9 Å². The summed E-state index contributed by atoms with van der Waals surface area (Å²) in [5, 5.41) is 14.4. The molecule has 0 atom stereocenters. The lowest BCUT2D eigenvalue weighted by Gasteiger charge is -2.13. The first-order valence-electron chi connectivity index (χ1n) is 6.45. The van der Waals surface area contributed by atoms with E-state index in [4.69, 9.17) is 4.84 Å². The van der Waals surface area contributed by atoms with E-state index in [1.165, 1.54) is 30.3 Å². The normalized spacial score (nSPS) is 16.4. The number of carbonyl (C=O) groups is 2. The first kappa shape index (κ1) is 16.8. The summed E-state index contributed by atoms with van der Waals surface area (Å²) >= 11 is 3.16. The van der Waals surface area contributed by atoms with Crippen LogP contribution in [0, 0.1) is 10.1 Å². The molecule has 0 aliphatic heterocycles. The zero-order valence-corrected chi connectivity index (χ0v) is 13.8. The van der Waals surface area contributed by atoms with E-state index in [2.05, 4.69) is 21.1 Å². The zero-order valence-electron chi connectivity index (χ0n) is 12.2. The van der Waals surface area contributed by atoms with E-state index in [-0.39, 0.29) is 17.0 Å². The van der Waals surface area contributed by atoms with Crippen LogP contribution in [0.5, 0.6) is 0 Å². The summed E-state index contributed by atoms with van der Waals surface area (Å²) in [6.07, 6.45) is 1.38. The number of nitro groups is 1. The Morgan fingerprint density at radius 3 is 2.43 bits per heavy atom. The Bertz CT molecular complexity index is 791. The number of rotatable bonds is 3. The third kappa shape index (κ3) is 3.59. The predicted molar refractivity (Wildman–Crippen MR) is 86.3 cm³/mol. The van der Waals surface area contributed by atoms with E-state index in [1.54, 1.807) is 13.8 Å². The molecule has 7 nitrogen and oxygen atoms in total. The van der Waals surface area contributed by atoms with Crippen LogP contribution in [0.25, 0.3) is 0 Å². The Labute approximate surface area is 139 Å². The predicted octanol–water partition coefficient (Wildman–Crippen LogP) is 3.31. The summed E-state index contributed by atoms with van der Waals surface area (Å²) in [6.45, 7) is 3.36. The summed E-state index contributed by atoms with van der Waals surface area (Å²) in [7, 11) is 0. The highest BCUT2D eigenvalue weighted by atomic mass is 79.9. The minimum Gasteiger partial charge on any atom is -0.312 e. The van der Waals surface area contributed by atoms with Crippen LogP contribution in [-0.4, -0.2) is 22.4 Å². The molecule has 0 amide bonds. The fraction of sp³-hybridized carbons (Fsp3) is 0.133. The van der Waals surface area contributed by atoms with Crippen LogP contribution < -0.4 is 0 Å². The van der Waals surface area contributed by atoms with Gasteiger partial charge in [0.25, 0.3) is 5.69 Å². The number of oxime groups is 1. The van der Waals surface area contributed by atoms with E-state index in [0.29, 0.717) is 21.3 Å². The maximum Gasteiger partial charge on any atom is 0.365 e. The SMILES string of the molecule is CC1=CC(=O)C(Br)=C(C)/C1=N/OC(=O)c1ccc([N+](=O)[O-])cc1. The number of benzene rings is 1. The summed E-state index contributed by atoms with van der Waals surface area (Å²) in [6, 6.07) is 4.98. The zero-order chi connectivity index (χ0) is 17.1. The Balaban J connectivity index is 2.19. The van der Waals surface area contributed by atoms with Crippen LogP contribution in [0.15, 0.2) is 51.1 Å². The molecule has 0 radical (unpaired) electrons. The van der Waals surface area contributed by atoms with Crippen molar-refractivity contribution in [1.82, 2.24) is 0 Å². The summed E-state index contributed by atoms with van der Waals surface area (Å²) in [5.74, 6) is -0.929. The third-order valence-corrected chi connectivity index (χ3v) is 4.14. The standard InChI is InChI=1S/C15H11BrN2O5/c1-8-7-12(19)13(16)9(2)14(8)17-23-15(20)10-3-5-11(6-4-10)18(21)22/h3-7H,1-2H3/b17-14+. The number of nitrogens with zero attached hydrogens (tertiary/aromatic N) is 2. The van der Waals surface area contributed by atoms with Crippen LogP contribution in [0.4, 0.5) is 5.69 Å². The molecule has 0 heterocycles. The topological polar surface area (TPSA) is 98.9 Å². The maximum absolute atomic E-state index is 11.9. The first-order valence-corrected chi connectivity index (χ1v) is 7.24. The van der Waals surface area contributed by atoms with Gasteiger partial charge in [-0.1, -0.05) is 5.16 Å². The molecule has 1 aliphatic carbocycles. The number of carbonyl (C=O) groups excluding carboxylic acids is 2. The molecule has 0 saturated carbocycles. The van der Waals surface area contributed by atoms with Crippen molar-refractivity contribution in [3.63, 3.8) is 0 Å². The number of hydrogen-bond acceptors (Lipinski definition) is 6. The molecule has 0 N–H and O–H groups in total. The quantitative estimate of drug-likeness (QED) is 0.347. The fourth-order valence-electron chi connectivity index (χ4n) is 1.91. The average Bonchev–Trinajstić information content (AvgIpc) is 2.52. The van der Waals surface area contributed by atoms with E-state index in [1.807, 2.05) is 0 Å². The van der Waals surface area contributed by atoms with Crippen molar-refractivity contribution in [2.24, 2.45) is 5.16 Å². The van der Waals surface area contributed by atoms with Gasteiger partial charge in [-0.25, -0.2) is 4.79 Å². The second kappa shape index (κ2) is 6.66. The molecule has 0 bridgehead atoms. The molecule has 0 saturated heterocycles. The summed E-state index contributed by atoms with van der Waals surface area (Å²) in [4.78, 5) is 38.4. The summed E-state index contributed by atoms with van der Waals surface area (Å²) < 4.78 is 0.355. The molecule has 1 aromatic rings. The van der Waals surface area contributed by atoms with Gasteiger partial charge in [-0.3, -0.25) is 14.9 Å². The Morgan fingerprint density at radius 1 is 1.26 bits per heavy atom. The van der Waals surface area contributed by atoms with Gasteiger partial charge in [0.1, 0.15) is 5.71 Å². The number of non-ortho nitro benzene ring substituents is 1. The van der Waals surface area contributed by atoms with Crippen LogP contribution in [0.3, 0.4) is 0 Å². The highest BCUT2D eigenvalue weighted by molar-refractivity contribution is 9.12. The van der Waals surface area contributed by atoms with Gasteiger partial charge in [-0.05, 0) is 59.1 Å². The Morgan fingerprint density at radius 2 is 1.87 bits per heavy atom. The molecular formula is C15H11BrN2O5. The van der Waals surface area contributed by atoms with Gasteiger partial charge in [0, 0.05) is 12.1 Å². The number of ketones is 1. The smallest absolute Gasteiger partial charge is 0.312 e. The lowest BCUT2D eigenvalue weighted by molar-refractivity contribution is -0.384. The number of hydrogen-bond donors (Lipinski definition) is 0. The van der Waals surface area contributed by atoms with Gasteiger partial charge in [-0.2, -0.15) is 0 Å². The van der Waals surface area contributed by atoms with Crippen molar-refractivity contribution < 1.29 is 19.3 Å². The molecule has 0 spiro atoms. The highest BCUT2D eigenvalue weighted by Crippen LogP contribution is 2.24. The molecule has 0 fully saturated rings. The highest BCUT2D eigenvalue weighted by Gasteiger charge is 2.21. The van der Waals surface area contributed by atoms with Gasteiger partial charge >= 0.3 is 5.97 Å². The van der Waals surface area contributed by atoms with E-state index in [0.717, 1.165) is 0 Å². The van der Waals surface area contributed by atoms with Crippen molar-refractivity contribution >= 4 is 39.1 Å². The van der Waals surface area contributed by atoms with Crippen molar-refractivity contribution in [3.8, 4) is 0 Å². The monoisotopic (exact) mass is 378 g/mol. The van der Waals surface area contributed by atoms with Gasteiger partial charge in [0.15, 0.2) is 5.78 Å². The number of halogens is 1. The molecule has 1 aliphatic rings. The molecular weight excluding hydrogens is 368 g/mol. The van der Waals surface area contributed by atoms with Crippen molar-refractivity contribution in [3.05, 3.63) is 61.6 Å². The van der Waals surface area contributed by atoms with Crippen molar-refractivity contribution in [2.75, 3.05) is 0 Å². The minimum absolute atomic E-state index is 0.125. The second-order valence-electron chi connectivity index (χ2n) is 4.75. The van der Waals surface area contributed by atoms with Gasteiger partial charge in [-0.15, -0.1) is 0 Å². The van der Waals surface area contributed by atoms with E-state index < -0.39 is 10.9 Å². The lowest BCUT2D eigenvalue weighted by Crippen LogP contribution is -2.15. The van der Waals surface area contributed by atoms with E-state index >= 15 is 0 Å². The van der Waals surface area contributed by atoms with Gasteiger partial charge in [0.05, 0.1) is 15.0 Å². The first-order chi connectivity index (χ1) is 10.8. The Kier molecular flexibility index (Phi) is 4.85. The minimum atomic E-state index is -0.749. The van der Waals surface area contributed by atoms with Gasteiger partial charge in [0.2, 0.25) is 0 Å². The maximum atomic E-state index is 11.9. The largest absolute Gasteiger partial charge is 0.365 e. The average molecular weight is 379 g/mol. The molecule has 0 aromatic heterocycles. The van der Waals surface area contributed by atoms with Crippen LogP contribution in [0.2, 0.25) is 0 Å². The molecule has 23 heavy (non-hydrogen) atoms. The van der Waals surface area contributed by atoms with E-state index in [9.17, 15) is 19.7 Å². The van der Waals surface area contributed by atoms with Crippen molar-refractivity contribution in [1.29, 1.82) is 0 Å². The number of allylic oxidation sites excluding steroid dienone is 4. The molecule has 118 valence electrons. The van der Waals surface area contributed by atoms with Crippen LogP contribution in [-0.2, 0) is 9.63 Å². The second-order valence-corrected chi connectivity index (χ2v) is 5.55. The molecule has 1 aromatic carbocycles. The summed E-state index contributed by atoms with van der Waals surface area (Å²) in [5.41, 5.74) is 1.53. The molecule has 0 unspecified atom stereocenters. The van der Waals surface area contributed by atoms with Gasteiger partial charge < -0.3 is 4.84 Å². The fourth-order valence-corrected chi connectivity index (χ4v) is 2.21. The van der Waals surface area contributed by atoms with Crippen molar-refractivity contribution in [2.45, 2.75) is 13.8 Å². The lowest BCUT2D eigenvalue weighted by atomic mass is 9.98.